The first-order valence-corrected chi connectivity index (χ1v) is 7.77. The van der Waals surface area contributed by atoms with Gasteiger partial charge in [0.2, 0.25) is 0 Å². The summed E-state index contributed by atoms with van der Waals surface area (Å²) < 4.78 is 6.33. The Morgan fingerprint density at radius 3 is 2.68 bits per heavy atom. The van der Waals surface area contributed by atoms with Crippen LogP contribution in [0.4, 0.5) is 0 Å². The molecule has 0 aromatic heterocycles. The summed E-state index contributed by atoms with van der Waals surface area (Å²) in [6, 6.07) is 6.19. The summed E-state index contributed by atoms with van der Waals surface area (Å²) >= 11 is 9.57. The molecule has 0 aliphatic carbocycles. The van der Waals surface area contributed by atoms with Crippen LogP contribution in [0.15, 0.2) is 22.7 Å². The molecule has 0 saturated heterocycles. The van der Waals surface area contributed by atoms with Gasteiger partial charge in [0, 0.05) is 30.2 Å². The number of halogens is 2. The number of hydrogen-bond donors (Lipinski definition) is 1. The number of benzene rings is 1. The van der Waals surface area contributed by atoms with Gasteiger partial charge in [-0.25, -0.2) is 0 Å². The van der Waals surface area contributed by atoms with Gasteiger partial charge in [-0.3, -0.25) is 4.90 Å². The monoisotopic (exact) mass is 348 g/mol. The van der Waals surface area contributed by atoms with E-state index in [0.29, 0.717) is 6.54 Å². The number of rotatable bonds is 8. The molecule has 0 aliphatic rings. The quantitative estimate of drug-likeness (QED) is 0.730. The van der Waals surface area contributed by atoms with Gasteiger partial charge in [-0.1, -0.05) is 24.6 Å². The van der Waals surface area contributed by atoms with Crippen LogP contribution >= 0.6 is 27.5 Å². The summed E-state index contributed by atoms with van der Waals surface area (Å²) in [4.78, 5) is 2.31. The number of ether oxygens (including phenoxy) is 1. The molecule has 5 heteroatoms. The molecule has 1 aromatic carbocycles. The van der Waals surface area contributed by atoms with Crippen LogP contribution in [0.25, 0.3) is 0 Å². The van der Waals surface area contributed by atoms with Gasteiger partial charge in [0.25, 0.3) is 0 Å². The van der Waals surface area contributed by atoms with E-state index in [2.05, 4.69) is 33.8 Å². The summed E-state index contributed by atoms with van der Waals surface area (Å²) in [6.45, 7) is 7.99. The van der Waals surface area contributed by atoms with E-state index >= 15 is 0 Å². The maximum Gasteiger partial charge on any atom is 0.0593 e. The molecular weight excluding hydrogens is 328 g/mol. The number of likely N-dealkylation sites (N-methyl/N-ethyl adjacent to an activating group) is 1. The Bertz CT molecular complexity index is 390. The maximum absolute atomic E-state index is 6.16. The largest absolute Gasteiger partial charge is 0.380 e. The smallest absolute Gasteiger partial charge is 0.0593 e. The van der Waals surface area contributed by atoms with Gasteiger partial charge in [-0.2, -0.15) is 0 Å². The number of nitrogens with zero attached hydrogens (tertiary/aromatic N) is 1. The third kappa shape index (κ3) is 5.04. The van der Waals surface area contributed by atoms with E-state index in [9.17, 15) is 0 Å². The van der Waals surface area contributed by atoms with E-state index in [1.165, 1.54) is 0 Å². The van der Waals surface area contributed by atoms with Gasteiger partial charge in [-0.15, -0.1) is 0 Å². The van der Waals surface area contributed by atoms with Crippen molar-refractivity contribution in [2.24, 2.45) is 5.73 Å². The topological polar surface area (TPSA) is 38.5 Å². The maximum atomic E-state index is 6.16. The second-order valence-corrected chi connectivity index (χ2v) is 5.51. The molecule has 0 bridgehead atoms. The fourth-order valence-electron chi connectivity index (χ4n) is 2.08. The summed E-state index contributed by atoms with van der Waals surface area (Å²) in [5.41, 5.74) is 7.08. The molecule has 0 amide bonds. The molecule has 2 N–H and O–H groups in total. The van der Waals surface area contributed by atoms with Crippen LogP contribution in [0.1, 0.15) is 25.5 Å². The lowest BCUT2D eigenvalue weighted by molar-refractivity contribution is 0.0980. The Morgan fingerprint density at radius 1 is 1.42 bits per heavy atom. The van der Waals surface area contributed by atoms with Gasteiger partial charge in [-0.05, 0) is 47.1 Å². The SMILES string of the molecule is CCOCCN(CC)C(CN)c1ccc(Br)c(Cl)c1. The highest BCUT2D eigenvalue weighted by Crippen LogP contribution is 2.28. The summed E-state index contributed by atoms with van der Waals surface area (Å²) in [5.74, 6) is 0. The first kappa shape index (κ1) is 16.9. The fourth-order valence-corrected chi connectivity index (χ4v) is 2.51. The highest BCUT2D eigenvalue weighted by atomic mass is 79.9. The van der Waals surface area contributed by atoms with Crippen molar-refractivity contribution in [2.75, 3.05) is 32.8 Å². The van der Waals surface area contributed by atoms with Crippen LogP contribution in [0, 0.1) is 0 Å². The molecule has 1 unspecified atom stereocenters. The molecule has 1 atom stereocenters. The molecule has 0 radical (unpaired) electrons. The van der Waals surface area contributed by atoms with Crippen LogP contribution in [0.2, 0.25) is 5.02 Å². The van der Waals surface area contributed by atoms with Crippen LogP contribution < -0.4 is 5.73 Å². The molecule has 3 nitrogen and oxygen atoms in total. The van der Waals surface area contributed by atoms with Crippen LogP contribution in [-0.2, 0) is 4.74 Å². The summed E-state index contributed by atoms with van der Waals surface area (Å²) in [5, 5.41) is 0.719. The fraction of sp³-hybridized carbons (Fsp3) is 0.571. The Kier molecular flexibility index (Phi) is 7.95. The molecule has 1 aromatic rings. The van der Waals surface area contributed by atoms with E-state index < -0.39 is 0 Å². The Morgan fingerprint density at radius 2 is 2.16 bits per heavy atom. The molecule has 0 fully saturated rings. The Balaban J connectivity index is 2.80. The highest BCUT2D eigenvalue weighted by Gasteiger charge is 2.18. The predicted octanol–water partition coefficient (Wildman–Crippen LogP) is 3.46. The molecule has 19 heavy (non-hydrogen) atoms. The molecule has 1 rings (SSSR count). The van der Waals surface area contributed by atoms with Crippen LogP contribution in [0.3, 0.4) is 0 Å². The predicted molar refractivity (Wildman–Crippen MR) is 84.7 cm³/mol. The van der Waals surface area contributed by atoms with Gasteiger partial charge in [0.1, 0.15) is 0 Å². The Hall–Kier alpha value is -0.130. The van der Waals surface area contributed by atoms with Crippen molar-refractivity contribution in [3.05, 3.63) is 33.3 Å². The zero-order valence-corrected chi connectivity index (χ0v) is 13.9. The highest BCUT2D eigenvalue weighted by molar-refractivity contribution is 9.10. The zero-order chi connectivity index (χ0) is 14.3. The van der Waals surface area contributed by atoms with Crippen molar-refractivity contribution in [2.45, 2.75) is 19.9 Å². The number of hydrogen-bond acceptors (Lipinski definition) is 3. The lowest BCUT2D eigenvalue weighted by Gasteiger charge is -2.30. The van der Waals surface area contributed by atoms with Crippen molar-refractivity contribution >= 4 is 27.5 Å². The molecule has 0 aliphatic heterocycles. The van der Waals surface area contributed by atoms with Crippen molar-refractivity contribution < 1.29 is 4.74 Å². The van der Waals surface area contributed by atoms with E-state index in [1.807, 2.05) is 19.1 Å². The zero-order valence-electron chi connectivity index (χ0n) is 11.5. The van der Waals surface area contributed by atoms with E-state index in [0.717, 1.165) is 41.4 Å². The van der Waals surface area contributed by atoms with E-state index in [-0.39, 0.29) is 6.04 Å². The average Bonchev–Trinajstić information content (AvgIpc) is 2.41. The minimum absolute atomic E-state index is 0.177. The van der Waals surface area contributed by atoms with Gasteiger partial charge >= 0.3 is 0 Å². The van der Waals surface area contributed by atoms with Gasteiger partial charge in [0.15, 0.2) is 0 Å². The Labute approximate surface area is 129 Å². The molecule has 108 valence electrons. The second kappa shape index (κ2) is 8.93. The molecule has 0 saturated carbocycles. The first-order chi connectivity index (χ1) is 9.13. The third-order valence-electron chi connectivity index (χ3n) is 3.13. The van der Waals surface area contributed by atoms with Gasteiger partial charge in [0.05, 0.1) is 11.6 Å². The summed E-state index contributed by atoms with van der Waals surface area (Å²) in [7, 11) is 0. The molecular formula is C14H22BrClN2O. The van der Waals surface area contributed by atoms with Crippen molar-refractivity contribution in [3.8, 4) is 0 Å². The third-order valence-corrected chi connectivity index (χ3v) is 4.36. The van der Waals surface area contributed by atoms with Crippen molar-refractivity contribution in [1.82, 2.24) is 4.90 Å². The van der Waals surface area contributed by atoms with E-state index in [4.69, 9.17) is 22.1 Å². The van der Waals surface area contributed by atoms with E-state index in [1.54, 1.807) is 0 Å². The lowest BCUT2D eigenvalue weighted by Crippen LogP contribution is -2.36. The number of nitrogens with two attached hydrogens (primary N) is 1. The van der Waals surface area contributed by atoms with Crippen molar-refractivity contribution in [1.29, 1.82) is 0 Å². The van der Waals surface area contributed by atoms with Crippen LogP contribution in [-0.4, -0.2) is 37.7 Å². The van der Waals surface area contributed by atoms with Crippen LogP contribution in [0.5, 0.6) is 0 Å². The van der Waals surface area contributed by atoms with Gasteiger partial charge < -0.3 is 10.5 Å². The molecule has 0 heterocycles. The average molecular weight is 350 g/mol. The molecule has 0 spiro atoms. The van der Waals surface area contributed by atoms with Crippen molar-refractivity contribution in [3.63, 3.8) is 0 Å². The summed E-state index contributed by atoms with van der Waals surface area (Å²) in [6.07, 6.45) is 0. The minimum Gasteiger partial charge on any atom is -0.380 e. The lowest BCUT2D eigenvalue weighted by atomic mass is 10.1. The minimum atomic E-state index is 0.177. The standard InChI is InChI=1S/C14H22BrClN2O/c1-3-18(7-8-19-4-2)14(10-17)11-5-6-12(15)13(16)9-11/h5-6,9,14H,3-4,7-8,10,17H2,1-2H3. The normalized spacial score (nSPS) is 12.9. The first-order valence-electron chi connectivity index (χ1n) is 6.60. The second-order valence-electron chi connectivity index (χ2n) is 4.25.